The fourth-order valence-corrected chi connectivity index (χ4v) is 2.43. The number of ether oxygens (including phenoxy) is 3. The Morgan fingerprint density at radius 3 is 2.73 bits per heavy atom. The van der Waals surface area contributed by atoms with Gasteiger partial charge in [0.1, 0.15) is 0 Å². The molecule has 0 spiro atoms. The number of anilines is 1. The van der Waals surface area contributed by atoms with Gasteiger partial charge >= 0.3 is 5.97 Å². The Labute approximate surface area is 151 Å². The van der Waals surface area contributed by atoms with E-state index in [1.165, 1.54) is 0 Å². The second-order valence-corrected chi connectivity index (χ2v) is 5.99. The van der Waals surface area contributed by atoms with Crippen molar-refractivity contribution in [3.8, 4) is 11.5 Å². The third-order valence-corrected chi connectivity index (χ3v) is 3.86. The van der Waals surface area contributed by atoms with Gasteiger partial charge in [-0.3, -0.25) is 4.79 Å². The number of esters is 1. The second kappa shape index (κ2) is 7.77. The molecule has 0 fully saturated rings. The lowest BCUT2D eigenvalue weighted by atomic mass is 10.2. The topological polar surface area (TPSA) is 77.1 Å². The molecule has 136 valence electrons. The summed E-state index contributed by atoms with van der Waals surface area (Å²) in [6, 6.07) is 12.5. The highest BCUT2D eigenvalue weighted by molar-refractivity contribution is 5.92. The van der Waals surface area contributed by atoms with E-state index in [0.29, 0.717) is 23.6 Å². The second-order valence-electron chi connectivity index (χ2n) is 5.99. The Morgan fingerprint density at radius 1 is 1.12 bits per heavy atom. The molecule has 7 heteroatoms. The Hall–Kier alpha value is -3.22. The van der Waals surface area contributed by atoms with Crippen LogP contribution in [-0.4, -0.2) is 39.4 Å². The fraction of sp³-hybridized carbons (Fsp3) is 0.263. The summed E-state index contributed by atoms with van der Waals surface area (Å²) in [7, 11) is 3.77. The zero-order valence-corrected chi connectivity index (χ0v) is 14.7. The van der Waals surface area contributed by atoms with Gasteiger partial charge in [-0.2, -0.15) is 0 Å². The van der Waals surface area contributed by atoms with Gasteiger partial charge in [0.05, 0.1) is 5.56 Å². The Morgan fingerprint density at radius 2 is 1.92 bits per heavy atom. The summed E-state index contributed by atoms with van der Waals surface area (Å²) < 4.78 is 15.6. The first kappa shape index (κ1) is 17.6. The predicted molar refractivity (Wildman–Crippen MR) is 95.5 cm³/mol. The number of fused-ring (bicyclic) bond motifs is 1. The largest absolute Gasteiger partial charge is 0.454 e. The normalized spacial score (nSPS) is 11.8. The third-order valence-electron chi connectivity index (χ3n) is 3.86. The molecule has 0 atom stereocenters. The molecular formula is C19H20N2O5. The van der Waals surface area contributed by atoms with Crippen LogP contribution in [0.15, 0.2) is 42.5 Å². The van der Waals surface area contributed by atoms with Crippen LogP contribution in [0.3, 0.4) is 0 Å². The molecule has 2 aromatic carbocycles. The average Bonchev–Trinajstić information content (AvgIpc) is 3.12. The first-order valence-corrected chi connectivity index (χ1v) is 8.12. The molecular weight excluding hydrogens is 336 g/mol. The zero-order valence-electron chi connectivity index (χ0n) is 14.7. The predicted octanol–water partition coefficient (Wildman–Crippen LogP) is 1.95. The van der Waals surface area contributed by atoms with Gasteiger partial charge in [-0.05, 0) is 35.9 Å². The monoisotopic (exact) mass is 356 g/mol. The number of carbonyl (C=O) groups excluding carboxylic acids is 2. The van der Waals surface area contributed by atoms with E-state index in [1.54, 1.807) is 30.3 Å². The smallest absolute Gasteiger partial charge is 0.338 e. The van der Waals surface area contributed by atoms with Gasteiger partial charge in [0, 0.05) is 26.3 Å². The lowest BCUT2D eigenvalue weighted by Crippen LogP contribution is -2.28. The molecule has 1 aliphatic rings. The molecule has 0 unspecified atom stereocenters. The minimum atomic E-state index is -0.535. The van der Waals surface area contributed by atoms with E-state index in [4.69, 9.17) is 14.2 Å². The van der Waals surface area contributed by atoms with Crippen molar-refractivity contribution in [2.45, 2.75) is 6.54 Å². The summed E-state index contributed by atoms with van der Waals surface area (Å²) in [4.78, 5) is 25.9. The Bertz CT molecular complexity index is 819. The van der Waals surface area contributed by atoms with Crippen LogP contribution in [-0.2, 0) is 16.1 Å². The van der Waals surface area contributed by atoms with Gasteiger partial charge in [-0.1, -0.05) is 12.1 Å². The number of amides is 1. The number of nitrogens with one attached hydrogen (secondary N) is 1. The minimum absolute atomic E-state index is 0.204. The van der Waals surface area contributed by atoms with Gasteiger partial charge in [-0.15, -0.1) is 0 Å². The Kier molecular flexibility index (Phi) is 5.26. The van der Waals surface area contributed by atoms with Crippen molar-refractivity contribution in [2.75, 3.05) is 32.4 Å². The van der Waals surface area contributed by atoms with Crippen molar-refractivity contribution in [3.05, 3.63) is 53.6 Å². The summed E-state index contributed by atoms with van der Waals surface area (Å²) in [5.41, 5.74) is 2.15. The standard InChI is InChI=1S/C19H20N2O5/c1-21(2)15-5-3-4-14(9-15)19(23)24-11-18(22)20-10-13-6-7-16-17(8-13)26-12-25-16/h3-9H,10-12H2,1-2H3,(H,20,22). The molecule has 1 aliphatic heterocycles. The molecule has 0 aliphatic carbocycles. The van der Waals surface area contributed by atoms with E-state index in [-0.39, 0.29) is 19.3 Å². The molecule has 0 radical (unpaired) electrons. The molecule has 1 heterocycles. The van der Waals surface area contributed by atoms with Crippen LogP contribution in [0, 0.1) is 0 Å². The molecule has 0 bridgehead atoms. The van der Waals surface area contributed by atoms with Crippen molar-refractivity contribution in [2.24, 2.45) is 0 Å². The van der Waals surface area contributed by atoms with Gasteiger partial charge in [0.2, 0.25) is 6.79 Å². The van der Waals surface area contributed by atoms with Gasteiger partial charge < -0.3 is 24.4 Å². The van der Waals surface area contributed by atoms with Crippen molar-refractivity contribution < 1.29 is 23.8 Å². The molecule has 1 amide bonds. The van der Waals surface area contributed by atoms with Gasteiger partial charge in [-0.25, -0.2) is 4.79 Å². The van der Waals surface area contributed by atoms with E-state index in [9.17, 15) is 9.59 Å². The van der Waals surface area contributed by atoms with Gasteiger partial charge in [0.15, 0.2) is 18.1 Å². The lowest BCUT2D eigenvalue weighted by molar-refractivity contribution is -0.124. The number of benzene rings is 2. The summed E-state index contributed by atoms with van der Waals surface area (Å²) in [5, 5.41) is 2.71. The summed E-state index contributed by atoms with van der Waals surface area (Å²) >= 11 is 0. The first-order chi connectivity index (χ1) is 12.5. The van der Waals surface area contributed by atoms with Crippen molar-refractivity contribution in [3.63, 3.8) is 0 Å². The Balaban J connectivity index is 1.48. The number of nitrogens with zero attached hydrogens (tertiary/aromatic N) is 1. The van der Waals surface area contributed by atoms with Crippen molar-refractivity contribution >= 4 is 17.6 Å². The quantitative estimate of drug-likeness (QED) is 0.798. The average molecular weight is 356 g/mol. The van der Waals surface area contributed by atoms with E-state index in [2.05, 4.69) is 5.32 Å². The number of rotatable bonds is 6. The summed E-state index contributed by atoms with van der Waals surface area (Å²) in [6.45, 7) is 0.175. The van der Waals surface area contributed by atoms with E-state index < -0.39 is 5.97 Å². The lowest BCUT2D eigenvalue weighted by Gasteiger charge is -2.13. The molecule has 2 aromatic rings. The molecule has 0 saturated carbocycles. The zero-order chi connectivity index (χ0) is 18.5. The molecule has 0 aromatic heterocycles. The highest BCUT2D eigenvalue weighted by atomic mass is 16.7. The highest BCUT2D eigenvalue weighted by Crippen LogP contribution is 2.32. The maximum Gasteiger partial charge on any atom is 0.338 e. The molecule has 26 heavy (non-hydrogen) atoms. The first-order valence-electron chi connectivity index (χ1n) is 8.12. The fourth-order valence-electron chi connectivity index (χ4n) is 2.43. The van der Waals surface area contributed by atoms with Crippen LogP contribution in [0.25, 0.3) is 0 Å². The SMILES string of the molecule is CN(C)c1cccc(C(=O)OCC(=O)NCc2ccc3c(c2)OCO3)c1. The van der Waals surface area contributed by atoms with Crippen LogP contribution < -0.4 is 19.7 Å². The van der Waals surface area contributed by atoms with E-state index in [0.717, 1.165) is 11.3 Å². The van der Waals surface area contributed by atoms with Crippen LogP contribution in [0.4, 0.5) is 5.69 Å². The van der Waals surface area contributed by atoms with Crippen molar-refractivity contribution in [1.82, 2.24) is 5.32 Å². The minimum Gasteiger partial charge on any atom is -0.454 e. The molecule has 0 saturated heterocycles. The van der Waals surface area contributed by atoms with Crippen LogP contribution in [0.1, 0.15) is 15.9 Å². The third kappa shape index (κ3) is 4.24. The van der Waals surface area contributed by atoms with Crippen LogP contribution >= 0.6 is 0 Å². The number of hydrogen-bond acceptors (Lipinski definition) is 6. The van der Waals surface area contributed by atoms with E-state index in [1.807, 2.05) is 31.1 Å². The summed E-state index contributed by atoms with van der Waals surface area (Å²) in [5.74, 6) is 0.435. The van der Waals surface area contributed by atoms with Crippen LogP contribution in [0.5, 0.6) is 11.5 Å². The maximum atomic E-state index is 12.1. The maximum absolute atomic E-state index is 12.1. The molecule has 1 N–H and O–H groups in total. The van der Waals surface area contributed by atoms with Gasteiger partial charge in [0.25, 0.3) is 5.91 Å². The molecule has 3 rings (SSSR count). The number of carbonyl (C=O) groups is 2. The highest BCUT2D eigenvalue weighted by Gasteiger charge is 2.14. The van der Waals surface area contributed by atoms with Crippen molar-refractivity contribution in [1.29, 1.82) is 0 Å². The molecule has 7 nitrogen and oxygen atoms in total. The summed E-state index contributed by atoms with van der Waals surface area (Å²) in [6.07, 6.45) is 0. The number of hydrogen-bond donors (Lipinski definition) is 1. The van der Waals surface area contributed by atoms with E-state index >= 15 is 0 Å². The van der Waals surface area contributed by atoms with Crippen LogP contribution in [0.2, 0.25) is 0 Å².